The first kappa shape index (κ1) is 31.9. The highest BCUT2D eigenvalue weighted by molar-refractivity contribution is 6.45. The molecule has 4 aliphatic rings. The van der Waals surface area contributed by atoms with Crippen molar-refractivity contribution in [1.29, 1.82) is 0 Å². The first-order valence-corrected chi connectivity index (χ1v) is 17.4. The van der Waals surface area contributed by atoms with Crippen molar-refractivity contribution in [2.24, 2.45) is 5.92 Å². The average Bonchev–Trinajstić information content (AvgIpc) is 3.75. The highest BCUT2D eigenvalue weighted by Gasteiger charge is 2.43. The summed E-state index contributed by atoms with van der Waals surface area (Å²) in [5.74, 6) is 1.52. The molecule has 2 aromatic heterocycles. The van der Waals surface area contributed by atoms with Crippen LogP contribution in [0.3, 0.4) is 0 Å². The second kappa shape index (κ2) is 12.4. The van der Waals surface area contributed by atoms with Gasteiger partial charge < -0.3 is 14.5 Å². The molecule has 12 heteroatoms. The molecular formula is C34H46Cl2N8O2. The summed E-state index contributed by atoms with van der Waals surface area (Å²) in [6.07, 6.45) is 7.36. The largest absolute Gasteiger partial charge is 0.374 e. The molecule has 3 aromatic rings. The zero-order valence-electron chi connectivity index (χ0n) is 27.4. The Bertz CT molecular complexity index is 1630. The number of hydrogen-bond donors (Lipinski definition) is 1. The van der Waals surface area contributed by atoms with E-state index < -0.39 is 0 Å². The number of halogens is 2. The van der Waals surface area contributed by atoms with Crippen LogP contribution in [-0.4, -0.2) is 118 Å². The molecule has 3 atom stereocenters. The highest BCUT2D eigenvalue weighted by Crippen LogP contribution is 2.48. The maximum atomic E-state index is 12.3. The van der Waals surface area contributed by atoms with Gasteiger partial charge in [-0.1, -0.05) is 29.8 Å². The normalized spacial score (nSPS) is 26.2. The van der Waals surface area contributed by atoms with Crippen LogP contribution in [0.4, 0.5) is 5.82 Å². The van der Waals surface area contributed by atoms with Crippen LogP contribution in [0.15, 0.2) is 24.9 Å². The lowest BCUT2D eigenvalue weighted by atomic mass is 9.82. The van der Waals surface area contributed by atoms with Crippen LogP contribution in [0.1, 0.15) is 51.3 Å². The lowest BCUT2D eigenvalue weighted by Gasteiger charge is -2.47. The maximum Gasteiger partial charge on any atom is 0.245 e. The Morgan fingerprint density at radius 1 is 1.15 bits per heavy atom. The molecule has 7 rings (SSSR count). The first-order chi connectivity index (χ1) is 22.1. The third-order valence-electron chi connectivity index (χ3n) is 11.0. The number of fused-ring (bicyclic) bond motifs is 2. The van der Waals surface area contributed by atoms with Crippen LogP contribution in [0.2, 0.25) is 10.0 Å². The van der Waals surface area contributed by atoms with Gasteiger partial charge in [0, 0.05) is 79.6 Å². The zero-order valence-corrected chi connectivity index (χ0v) is 28.9. The molecular weight excluding hydrogens is 623 g/mol. The summed E-state index contributed by atoms with van der Waals surface area (Å²) in [5, 5.41) is 14.8. The Morgan fingerprint density at radius 3 is 2.65 bits per heavy atom. The third-order valence-corrected chi connectivity index (χ3v) is 11.8. The van der Waals surface area contributed by atoms with Gasteiger partial charge in [0.2, 0.25) is 5.91 Å². The molecule has 1 aromatic carbocycles. The molecule has 10 nitrogen and oxygen atoms in total. The van der Waals surface area contributed by atoms with Gasteiger partial charge in [0.15, 0.2) is 5.82 Å². The van der Waals surface area contributed by atoms with Gasteiger partial charge in [0.05, 0.1) is 40.5 Å². The van der Waals surface area contributed by atoms with Crippen LogP contribution < -0.4 is 4.90 Å². The van der Waals surface area contributed by atoms with Gasteiger partial charge in [-0.2, -0.15) is 10.2 Å². The van der Waals surface area contributed by atoms with E-state index in [1.54, 1.807) is 0 Å². The fraction of sp³-hybridized carbons (Fsp3) is 0.618. The number of nitrogens with one attached hydrogen (secondary N) is 1. The Balaban J connectivity index is 1.21. The molecule has 248 valence electrons. The standard InChI is InChI=1S/C34H46Cl2N8O2/c1-6-29(45)42-10-8-23(9-11-42)44-21(2)30(31-24-17-37-38-26(24)15-25(35)32(31)36)33(39-44)43-12-7-22(16-34(43,3)4)18-41-19-27-28(20-41)46-14-13-40(27)5/h6,15,17,22-23,27-28H,1,7-14,16,18-20H2,2-5H3,(H,37,38)/t22-,27?,28?/m1/s1. The van der Waals surface area contributed by atoms with Gasteiger partial charge in [0.1, 0.15) is 0 Å². The van der Waals surface area contributed by atoms with E-state index in [1.807, 2.05) is 17.2 Å². The van der Waals surface area contributed by atoms with Gasteiger partial charge in [-0.15, -0.1) is 0 Å². The van der Waals surface area contributed by atoms with Gasteiger partial charge in [0.25, 0.3) is 0 Å². The first-order valence-electron chi connectivity index (χ1n) is 16.7. The number of anilines is 1. The number of rotatable bonds is 6. The van der Waals surface area contributed by atoms with Crippen LogP contribution in [0, 0.1) is 12.8 Å². The molecule has 0 saturated carbocycles. The number of aromatic amines is 1. The van der Waals surface area contributed by atoms with Gasteiger partial charge >= 0.3 is 0 Å². The van der Waals surface area contributed by atoms with E-state index in [9.17, 15) is 4.79 Å². The molecule has 0 aliphatic carbocycles. The Labute approximate surface area is 281 Å². The molecule has 0 radical (unpaired) electrons. The molecule has 4 saturated heterocycles. The molecule has 1 N–H and O–H groups in total. The molecule has 4 fully saturated rings. The second-order valence-corrected chi connectivity index (χ2v) is 15.2. The summed E-state index contributed by atoms with van der Waals surface area (Å²) in [4.78, 5) is 21.8. The quantitative estimate of drug-likeness (QED) is 0.352. The number of morpholine rings is 1. The van der Waals surface area contributed by atoms with Gasteiger partial charge in [-0.3, -0.25) is 24.4 Å². The van der Waals surface area contributed by atoms with Crippen molar-refractivity contribution in [1.82, 2.24) is 34.7 Å². The molecule has 0 spiro atoms. The van der Waals surface area contributed by atoms with Crippen LogP contribution in [0.5, 0.6) is 0 Å². The number of nitrogens with zero attached hydrogens (tertiary/aromatic N) is 7. The summed E-state index contributed by atoms with van der Waals surface area (Å²) < 4.78 is 8.33. The summed E-state index contributed by atoms with van der Waals surface area (Å²) in [5.41, 5.74) is 3.65. The molecule has 4 aliphatic heterocycles. The summed E-state index contributed by atoms with van der Waals surface area (Å²) >= 11 is 13.8. The fourth-order valence-electron chi connectivity index (χ4n) is 8.61. The summed E-state index contributed by atoms with van der Waals surface area (Å²) in [6.45, 7) is 17.8. The maximum absolute atomic E-state index is 12.3. The monoisotopic (exact) mass is 668 g/mol. The summed E-state index contributed by atoms with van der Waals surface area (Å²) in [7, 11) is 2.23. The molecule has 0 bridgehead atoms. The van der Waals surface area contributed by atoms with Crippen molar-refractivity contribution < 1.29 is 9.53 Å². The number of piperidine rings is 2. The minimum Gasteiger partial charge on any atom is -0.374 e. The predicted molar refractivity (Wildman–Crippen MR) is 184 cm³/mol. The molecule has 1 amide bonds. The Hall–Kier alpha value is -2.63. The number of carbonyl (C=O) groups is 1. The van der Waals surface area contributed by atoms with Crippen LogP contribution >= 0.6 is 23.2 Å². The van der Waals surface area contributed by atoms with Crippen molar-refractivity contribution >= 4 is 45.8 Å². The van der Waals surface area contributed by atoms with Crippen molar-refractivity contribution in [3.05, 3.63) is 40.7 Å². The predicted octanol–water partition coefficient (Wildman–Crippen LogP) is 5.40. The molecule has 2 unspecified atom stereocenters. The van der Waals surface area contributed by atoms with Crippen LogP contribution in [0.25, 0.3) is 22.0 Å². The zero-order chi connectivity index (χ0) is 32.3. The lowest BCUT2D eigenvalue weighted by Crippen LogP contribution is -2.52. The number of H-pyrrole nitrogens is 1. The van der Waals surface area contributed by atoms with Gasteiger partial charge in [-0.05, 0) is 71.6 Å². The summed E-state index contributed by atoms with van der Waals surface area (Å²) in [6, 6.07) is 2.51. The Morgan fingerprint density at radius 2 is 1.93 bits per heavy atom. The fourth-order valence-corrected chi connectivity index (χ4v) is 9.06. The third kappa shape index (κ3) is 5.64. The number of likely N-dealkylation sites (N-methyl/N-ethyl adjacent to an activating group) is 1. The van der Waals surface area contributed by atoms with Crippen molar-refractivity contribution in [2.45, 2.75) is 70.2 Å². The minimum atomic E-state index is -0.136. The van der Waals surface area contributed by atoms with E-state index in [2.05, 4.69) is 64.0 Å². The molecule has 6 heterocycles. The number of carbonyl (C=O) groups excluding carboxylic acids is 1. The van der Waals surface area contributed by atoms with Crippen molar-refractivity contribution in [3.63, 3.8) is 0 Å². The highest BCUT2D eigenvalue weighted by atomic mass is 35.5. The number of benzene rings is 1. The minimum absolute atomic E-state index is 0.0121. The molecule has 46 heavy (non-hydrogen) atoms. The van der Waals surface area contributed by atoms with E-state index in [1.165, 1.54) is 6.08 Å². The number of hydrogen-bond acceptors (Lipinski definition) is 7. The number of amides is 1. The smallest absolute Gasteiger partial charge is 0.245 e. The topological polar surface area (TPSA) is 85.8 Å². The van der Waals surface area contributed by atoms with Gasteiger partial charge in [-0.25, -0.2) is 0 Å². The average molecular weight is 670 g/mol. The van der Waals surface area contributed by atoms with E-state index in [4.69, 9.17) is 33.0 Å². The van der Waals surface area contributed by atoms with E-state index in [0.717, 1.165) is 98.6 Å². The van der Waals surface area contributed by atoms with Crippen LogP contribution in [-0.2, 0) is 9.53 Å². The number of ether oxygens (including phenoxy) is 1. The van der Waals surface area contributed by atoms with E-state index in [-0.39, 0.29) is 17.5 Å². The number of aromatic nitrogens is 4. The van der Waals surface area contributed by atoms with E-state index >= 15 is 0 Å². The Kier molecular flexibility index (Phi) is 8.63. The van der Waals surface area contributed by atoms with Crippen molar-refractivity contribution in [3.8, 4) is 11.1 Å². The number of likely N-dealkylation sites (tertiary alicyclic amines) is 2. The second-order valence-electron chi connectivity index (χ2n) is 14.4. The lowest BCUT2D eigenvalue weighted by molar-refractivity contribution is -0.127. The van der Waals surface area contributed by atoms with Crippen molar-refractivity contribution in [2.75, 3.05) is 64.4 Å². The SMILES string of the molecule is C=CC(=O)N1CCC(n2nc(N3CC[C@@H](CN4CC5OCCN(C)C5C4)CC3(C)C)c(-c3c(Cl)c(Cl)cc4[nH]ncc34)c2C)CC1. The van der Waals surface area contributed by atoms with E-state index in [0.29, 0.717) is 41.2 Å².